The summed E-state index contributed by atoms with van der Waals surface area (Å²) in [6.45, 7) is 2.43. The molecule has 0 saturated carbocycles. The lowest BCUT2D eigenvalue weighted by molar-refractivity contribution is -0.127. The van der Waals surface area contributed by atoms with Crippen LogP contribution in [0.25, 0.3) is 0 Å². The van der Waals surface area contributed by atoms with Crippen molar-refractivity contribution in [3.8, 4) is 0 Å². The average molecular weight is 426 g/mol. The van der Waals surface area contributed by atoms with Crippen LogP contribution in [0.3, 0.4) is 0 Å². The number of hydrogen-bond donors (Lipinski definition) is 1. The Hall–Kier alpha value is -0.440. The highest BCUT2D eigenvalue weighted by molar-refractivity contribution is 9.11. The highest BCUT2D eigenvalue weighted by Gasteiger charge is 2.33. The Morgan fingerprint density at radius 2 is 1.95 bits per heavy atom. The maximum Gasteiger partial charge on any atom is 0.242 e. The van der Waals surface area contributed by atoms with Crippen LogP contribution in [-0.4, -0.2) is 38.9 Å². The first-order valence-electron chi connectivity index (χ1n) is 5.95. The van der Waals surface area contributed by atoms with Gasteiger partial charge < -0.3 is 4.90 Å². The molecule has 0 aliphatic carbocycles. The number of nitrogens with zero attached hydrogens (tertiary/aromatic N) is 1. The standard InChI is InChI=1S/C12H14Br2N2O3S/c1-7-5-9(14)11(6-8(7)13)20(18,19)15-10-3-4-16(2)12(10)17/h5-6,10,15H,3-4H2,1-2H3. The molecule has 1 aromatic carbocycles. The van der Waals surface area contributed by atoms with Gasteiger partial charge in [-0.05, 0) is 47.0 Å². The van der Waals surface area contributed by atoms with E-state index >= 15 is 0 Å². The summed E-state index contributed by atoms with van der Waals surface area (Å²) >= 11 is 6.58. The molecule has 2 rings (SSSR count). The summed E-state index contributed by atoms with van der Waals surface area (Å²) in [7, 11) is -2.08. The maximum absolute atomic E-state index is 12.4. The van der Waals surface area contributed by atoms with E-state index in [1.54, 1.807) is 13.1 Å². The molecule has 1 atom stereocenters. The van der Waals surface area contributed by atoms with Gasteiger partial charge in [-0.1, -0.05) is 15.9 Å². The molecule has 1 aromatic rings. The minimum Gasteiger partial charge on any atom is -0.344 e. The molecule has 1 amide bonds. The van der Waals surface area contributed by atoms with Gasteiger partial charge in [0.2, 0.25) is 15.9 Å². The van der Waals surface area contributed by atoms with Crippen molar-refractivity contribution in [3.63, 3.8) is 0 Å². The number of nitrogens with one attached hydrogen (secondary N) is 1. The number of carbonyl (C=O) groups excluding carboxylic acids is 1. The van der Waals surface area contributed by atoms with Gasteiger partial charge >= 0.3 is 0 Å². The molecule has 1 N–H and O–H groups in total. The Morgan fingerprint density at radius 1 is 1.30 bits per heavy atom. The fraction of sp³-hybridized carbons (Fsp3) is 0.417. The van der Waals surface area contributed by atoms with Gasteiger partial charge in [0, 0.05) is 22.5 Å². The second-order valence-corrected chi connectivity index (χ2v) is 8.15. The average Bonchev–Trinajstić information content (AvgIpc) is 2.65. The number of rotatable bonds is 3. The van der Waals surface area contributed by atoms with Crippen molar-refractivity contribution in [2.45, 2.75) is 24.3 Å². The molecule has 1 heterocycles. The highest BCUT2D eigenvalue weighted by Crippen LogP contribution is 2.29. The third-order valence-corrected chi connectivity index (χ3v) is 6.51. The van der Waals surface area contributed by atoms with Crippen LogP contribution < -0.4 is 4.72 Å². The van der Waals surface area contributed by atoms with E-state index in [0.717, 1.165) is 5.56 Å². The normalized spacial score (nSPS) is 19.7. The lowest BCUT2D eigenvalue weighted by Crippen LogP contribution is -2.40. The molecule has 0 radical (unpaired) electrons. The predicted molar refractivity (Wildman–Crippen MR) is 82.9 cm³/mol. The van der Waals surface area contributed by atoms with Gasteiger partial charge in [0.25, 0.3) is 0 Å². The second kappa shape index (κ2) is 5.75. The molecule has 1 saturated heterocycles. The summed E-state index contributed by atoms with van der Waals surface area (Å²) in [5.41, 5.74) is 0.924. The zero-order valence-electron chi connectivity index (χ0n) is 11.0. The van der Waals surface area contributed by atoms with Gasteiger partial charge in [-0.2, -0.15) is 4.72 Å². The Bertz CT molecular complexity index is 661. The molecule has 0 spiro atoms. The number of benzene rings is 1. The van der Waals surface area contributed by atoms with Gasteiger partial charge in [-0.15, -0.1) is 0 Å². The monoisotopic (exact) mass is 424 g/mol. The molecule has 1 aliphatic heterocycles. The quantitative estimate of drug-likeness (QED) is 0.805. The molecule has 20 heavy (non-hydrogen) atoms. The van der Waals surface area contributed by atoms with Crippen molar-refractivity contribution in [2.75, 3.05) is 13.6 Å². The number of halogens is 2. The summed E-state index contributed by atoms with van der Waals surface area (Å²) in [4.78, 5) is 13.4. The molecule has 0 bridgehead atoms. The van der Waals surface area contributed by atoms with Crippen LogP contribution in [0.2, 0.25) is 0 Å². The Morgan fingerprint density at radius 3 is 2.50 bits per heavy atom. The first-order valence-corrected chi connectivity index (χ1v) is 9.02. The Balaban J connectivity index is 2.32. The van der Waals surface area contributed by atoms with E-state index in [4.69, 9.17) is 0 Å². The van der Waals surface area contributed by atoms with Gasteiger partial charge in [0.1, 0.15) is 6.04 Å². The maximum atomic E-state index is 12.4. The summed E-state index contributed by atoms with van der Waals surface area (Å²) in [5, 5.41) is 0. The van der Waals surface area contributed by atoms with Crippen LogP contribution in [-0.2, 0) is 14.8 Å². The van der Waals surface area contributed by atoms with Crippen molar-refractivity contribution in [1.82, 2.24) is 9.62 Å². The zero-order chi connectivity index (χ0) is 15.1. The van der Waals surface area contributed by atoms with Gasteiger partial charge in [0.05, 0.1) is 4.90 Å². The van der Waals surface area contributed by atoms with E-state index in [-0.39, 0.29) is 10.8 Å². The SMILES string of the molecule is Cc1cc(Br)c(S(=O)(=O)NC2CCN(C)C2=O)cc1Br. The first kappa shape index (κ1) is 15.9. The van der Waals surface area contributed by atoms with Crippen molar-refractivity contribution in [2.24, 2.45) is 0 Å². The number of sulfonamides is 1. The minimum absolute atomic E-state index is 0.123. The predicted octanol–water partition coefficient (Wildman–Crippen LogP) is 2.03. The molecule has 1 aliphatic rings. The van der Waals surface area contributed by atoms with Crippen molar-refractivity contribution >= 4 is 47.8 Å². The van der Waals surface area contributed by atoms with E-state index in [1.165, 1.54) is 11.0 Å². The lowest BCUT2D eigenvalue weighted by Gasteiger charge is -2.14. The molecule has 5 nitrogen and oxygen atoms in total. The number of likely N-dealkylation sites (N-methyl/N-ethyl adjacent to an activating group) is 1. The van der Waals surface area contributed by atoms with Crippen molar-refractivity contribution in [3.05, 3.63) is 26.6 Å². The summed E-state index contributed by atoms with van der Waals surface area (Å²) < 4.78 is 28.4. The summed E-state index contributed by atoms with van der Waals surface area (Å²) in [6.07, 6.45) is 0.485. The van der Waals surface area contributed by atoms with Gasteiger partial charge in [0.15, 0.2) is 0 Å². The van der Waals surface area contributed by atoms with Crippen LogP contribution >= 0.6 is 31.9 Å². The second-order valence-electron chi connectivity index (χ2n) is 4.75. The van der Waals surface area contributed by atoms with Crippen LogP contribution in [0.4, 0.5) is 0 Å². The van der Waals surface area contributed by atoms with E-state index in [1.807, 2.05) is 6.92 Å². The molecular formula is C12H14Br2N2O3S. The number of amides is 1. The van der Waals surface area contributed by atoms with Gasteiger partial charge in [-0.3, -0.25) is 4.79 Å². The molecule has 1 fully saturated rings. The Labute approximate surface area is 135 Å². The van der Waals surface area contributed by atoms with Crippen molar-refractivity contribution < 1.29 is 13.2 Å². The van der Waals surface area contributed by atoms with E-state index in [2.05, 4.69) is 36.6 Å². The van der Waals surface area contributed by atoms with Crippen LogP contribution in [0.15, 0.2) is 26.0 Å². The van der Waals surface area contributed by atoms with Crippen LogP contribution in [0.1, 0.15) is 12.0 Å². The van der Waals surface area contributed by atoms with E-state index in [0.29, 0.717) is 21.9 Å². The molecule has 110 valence electrons. The van der Waals surface area contributed by atoms with Crippen LogP contribution in [0, 0.1) is 6.92 Å². The van der Waals surface area contributed by atoms with Crippen molar-refractivity contribution in [1.29, 1.82) is 0 Å². The topological polar surface area (TPSA) is 66.5 Å². The number of likely N-dealkylation sites (tertiary alicyclic amines) is 1. The largest absolute Gasteiger partial charge is 0.344 e. The molecule has 1 unspecified atom stereocenters. The van der Waals surface area contributed by atoms with Crippen LogP contribution in [0.5, 0.6) is 0 Å². The van der Waals surface area contributed by atoms with Gasteiger partial charge in [-0.25, -0.2) is 8.42 Å². The fourth-order valence-corrected chi connectivity index (χ4v) is 4.92. The number of carbonyl (C=O) groups is 1. The number of aryl methyl sites for hydroxylation is 1. The molecular weight excluding hydrogens is 412 g/mol. The third kappa shape index (κ3) is 3.08. The Kier molecular flexibility index (Phi) is 4.58. The molecule has 0 aromatic heterocycles. The number of hydrogen-bond acceptors (Lipinski definition) is 3. The molecule has 8 heteroatoms. The summed E-state index contributed by atoms with van der Waals surface area (Å²) in [5.74, 6) is -0.198. The first-order chi connectivity index (χ1) is 9.22. The van der Waals surface area contributed by atoms with E-state index in [9.17, 15) is 13.2 Å². The minimum atomic E-state index is -3.74. The third-order valence-electron chi connectivity index (χ3n) is 3.23. The smallest absolute Gasteiger partial charge is 0.242 e. The summed E-state index contributed by atoms with van der Waals surface area (Å²) in [6, 6.07) is 2.57. The highest BCUT2D eigenvalue weighted by atomic mass is 79.9. The fourth-order valence-electron chi connectivity index (χ4n) is 2.02. The lowest BCUT2D eigenvalue weighted by atomic mass is 10.2. The zero-order valence-corrected chi connectivity index (χ0v) is 15.0. The van der Waals surface area contributed by atoms with E-state index < -0.39 is 16.1 Å².